The number of aromatic amines is 1. The van der Waals surface area contributed by atoms with Gasteiger partial charge in [0.25, 0.3) is 5.91 Å². The Kier molecular flexibility index (Phi) is 5.04. The molecule has 0 saturated carbocycles. The van der Waals surface area contributed by atoms with E-state index >= 15 is 0 Å². The molecule has 0 saturated heterocycles. The summed E-state index contributed by atoms with van der Waals surface area (Å²) in [6.07, 6.45) is 1.57. The molecule has 3 aromatic carbocycles. The van der Waals surface area contributed by atoms with E-state index in [2.05, 4.69) is 31.4 Å². The van der Waals surface area contributed by atoms with E-state index in [0.717, 1.165) is 26.5 Å². The summed E-state index contributed by atoms with van der Waals surface area (Å²) in [5, 5.41) is 4.93. The molecule has 138 valence electrons. The van der Waals surface area contributed by atoms with Crippen molar-refractivity contribution in [3.8, 4) is 11.1 Å². The van der Waals surface area contributed by atoms with Gasteiger partial charge in [-0.15, -0.1) is 0 Å². The molecule has 0 fully saturated rings. The zero-order valence-corrected chi connectivity index (χ0v) is 16.2. The van der Waals surface area contributed by atoms with Gasteiger partial charge in [-0.05, 0) is 41.5 Å². The maximum Gasteiger partial charge on any atom is 0.288 e. The van der Waals surface area contributed by atoms with Gasteiger partial charge in [-0.1, -0.05) is 58.4 Å². The standard InChI is InChI=1S/C22H15BrFN3O/c23-16-9-5-14(6-10-16)13-25-27-22(28)21-20(15-7-11-17(24)12-8-15)18-3-1-2-4-19(18)26-21/h1-13,26H,(H,27,28)/b25-13+. The number of benzene rings is 3. The molecule has 1 aromatic heterocycles. The number of hydrazone groups is 1. The van der Waals surface area contributed by atoms with Crippen LogP contribution in [0.15, 0.2) is 82.4 Å². The Labute approximate surface area is 169 Å². The SMILES string of the molecule is O=C(N/N=C/c1ccc(Br)cc1)c1[nH]c2ccccc2c1-c1ccc(F)cc1. The molecule has 0 spiro atoms. The highest BCUT2D eigenvalue weighted by Crippen LogP contribution is 2.32. The van der Waals surface area contributed by atoms with Crippen molar-refractivity contribution >= 4 is 39.0 Å². The predicted octanol–water partition coefficient (Wildman–Crippen LogP) is 5.50. The predicted molar refractivity (Wildman–Crippen MR) is 113 cm³/mol. The van der Waals surface area contributed by atoms with Crippen LogP contribution in [0.2, 0.25) is 0 Å². The van der Waals surface area contributed by atoms with Crippen LogP contribution in [-0.2, 0) is 0 Å². The Morgan fingerprint density at radius 3 is 2.46 bits per heavy atom. The summed E-state index contributed by atoms with van der Waals surface area (Å²) in [6, 6.07) is 21.2. The third-order valence-electron chi connectivity index (χ3n) is 4.32. The van der Waals surface area contributed by atoms with Crippen LogP contribution >= 0.6 is 15.9 Å². The van der Waals surface area contributed by atoms with Gasteiger partial charge in [-0.3, -0.25) is 4.79 Å². The van der Waals surface area contributed by atoms with Crippen LogP contribution in [0.25, 0.3) is 22.0 Å². The summed E-state index contributed by atoms with van der Waals surface area (Å²) < 4.78 is 14.3. The van der Waals surface area contributed by atoms with Gasteiger partial charge in [-0.25, -0.2) is 9.82 Å². The lowest BCUT2D eigenvalue weighted by Crippen LogP contribution is -2.18. The van der Waals surface area contributed by atoms with Gasteiger partial charge < -0.3 is 4.98 Å². The number of aromatic nitrogens is 1. The fourth-order valence-electron chi connectivity index (χ4n) is 3.00. The highest BCUT2D eigenvalue weighted by atomic mass is 79.9. The molecule has 0 aliphatic heterocycles. The Morgan fingerprint density at radius 1 is 1.00 bits per heavy atom. The minimum absolute atomic E-state index is 0.325. The third-order valence-corrected chi connectivity index (χ3v) is 4.84. The van der Waals surface area contributed by atoms with Crippen LogP contribution in [0, 0.1) is 5.82 Å². The van der Waals surface area contributed by atoms with Crippen molar-refractivity contribution in [3.63, 3.8) is 0 Å². The van der Waals surface area contributed by atoms with Crippen LogP contribution in [-0.4, -0.2) is 17.1 Å². The number of halogens is 2. The largest absolute Gasteiger partial charge is 0.350 e. The first kappa shape index (κ1) is 18.1. The van der Waals surface area contributed by atoms with Crippen molar-refractivity contribution < 1.29 is 9.18 Å². The van der Waals surface area contributed by atoms with Gasteiger partial charge in [0.15, 0.2) is 0 Å². The number of carbonyl (C=O) groups is 1. The molecule has 4 nitrogen and oxygen atoms in total. The second-order valence-corrected chi connectivity index (χ2v) is 7.09. The number of nitrogens with zero attached hydrogens (tertiary/aromatic N) is 1. The minimum Gasteiger partial charge on any atom is -0.350 e. The van der Waals surface area contributed by atoms with E-state index in [-0.39, 0.29) is 11.7 Å². The van der Waals surface area contributed by atoms with Crippen molar-refractivity contribution in [2.45, 2.75) is 0 Å². The summed E-state index contributed by atoms with van der Waals surface area (Å²) in [5.74, 6) is -0.697. The number of rotatable bonds is 4. The van der Waals surface area contributed by atoms with Crippen LogP contribution in [0.5, 0.6) is 0 Å². The first-order valence-electron chi connectivity index (χ1n) is 8.57. The number of fused-ring (bicyclic) bond motifs is 1. The number of carbonyl (C=O) groups excluding carboxylic acids is 1. The molecular weight excluding hydrogens is 421 g/mol. The molecule has 0 radical (unpaired) electrons. The molecule has 0 aliphatic carbocycles. The van der Waals surface area contributed by atoms with Crippen molar-refractivity contribution in [3.05, 3.63) is 94.3 Å². The number of amides is 1. The third kappa shape index (κ3) is 3.73. The molecule has 4 aromatic rings. The quantitative estimate of drug-likeness (QED) is 0.322. The molecule has 28 heavy (non-hydrogen) atoms. The summed E-state index contributed by atoms with van der Waals surface area (Å²) in [5.41, 5.74) is 6.08. The number of para-hydroxylation sites is 1. The molecule has 0 unspecified atom stereocenters. The molecule has 1 heterocycles. The Balaban J connectivity index is 1.67. The monoisotopic (exact) mass is 435 g/mol. The van der Waals surface area contributed by atoms with Crippen molar-refractivity contribution in [2.24, 2.45) is 5.10 Å². The average molecular weight is 436 g/mol. The van der Waals surface area contributed by atoms with Crippen LogP contribution in [0.4, 0.5) is 4.39 Å². The average Bonchev–Trinajstić information content (AvgIpc) is 3.10. The van der Waals surface area contributed by atoms with Crippen LogP contribution in [0.1, 0.15) is 16.1 Å². The summed E-state index contributed by atoms with van der Waals surface area (Å²) >= 11 is 3.38. The highest BCUT2D eigenvalue weighted by molar-refractivity contribution is 9.10. The smallest absolute Gasteiger partial charge is 0.288 e. The fraction of sp³-hybridized carbons (Fsp3) is 0. The molecule has 0 atom stereocenters. The lowest BCUT2D eigenvalue weighted by atomic mass is 10.0. The van der Waals surface area contributed by atoms with E-state index in [1.165, 1.54) is 12.1 Å². The summed E-state index contributed by atoms with van der Waals surface area (Å²) in [7, 11) is 0. The topological polar surface area (TPSA) is 57.2 Å². The maximum atomic E-state index is 13.3. The van der Waals surface area contributed by atoms with E-state index in [4.69, 9.17) is 0 Å². The van der Waals surface area contributed by atoms with Gasteiger partial charge in [0, 0.05) is 20.9 Å². The normalized spacial score (nSPS) is 11.2. The molecule has 2 N–H and O–H groups in total. The van der Waals surface area contributed by atoms with Crippen LogP contribution in [0.3, 0.4) is 0 Å². The van der Waals surface area contributed by atoms with Gasteiger partial charge in [0.2, 0.25) is 0 Å². The first-order chi connectivity index (χ1) is 13.6. The summed E-state index contributed by atoms with van der Waals surface area (Å²) in [6.45, 7) is 0. The Bertz CT molecular complexity index is 1160. The van der Waals surface area contributed by atoms with Crippen molar-refractivity contribution in [1.29, 1.82) is 0 Å². The molecule has 0 bridgehead atoms. The summed E-state index contributed by atoms with van der Waals surface area (Å²) in [4.78, 5) is 15.9. The molecule has 4 rings (SSSR count). The molecule has 0 aliphatic rings. The lowest BCUT2D eigenvalue weighted by Gasteiger charge is -2.04. The van der Waals surface area contributed by atoms with E-state index in [9.17, 15) is 9.18 Å². The van der Waals surface area contributed by atoms with E-state index in [1.807, 2.05) is 48.5 Å². The zero-order chi connectivity index (χ0) is 19.5. The molecular formula is C22H15BrFN3O. The van der Waals surface area contributed by atoms with Gasteiger partial charge in [0.05, 0.1) is 6.21 Å². The number of hydrogen-bond donors (Lipinski definition) is 2. The fourth-order valence-corrected chi connectivity index (χ4v) is 3.26. The zero-order valence-electron chi connectivity index (χ0n) is 14.6. The number of H-pyrrole nitrogens is 1. The van der Waals surface area contributed by atoms with Gasteiger partial charge >= 0.3 is 0 Å². The van der Waals surface area contributed by atoms with E-state index < -0.39 is 0 Å². The second kappa shape index (κ2) is 7.78. The van der Waals surface area contributed by atoms with E-state index in [0.29, 0.717) is 11.3 Å². The number of nitrogens with one attached hydrogen (secondary N) is 2. The molecule has 6 heteroatoms. The van der Waals surface area contributed by atoms with Crippen molar-refractivity contribution in [1.82, 2.24) is 10.4 Å². The van der Waals surface area contributed by atoms with Crippen LogP contribution < -0.4 is 5.43 Å². The van der Waals surface area contributed by atoms with Crippen molar-refractivity contribution in [2.75, 3.05) is 0 Å². The lowest BCUT2D eigenvalue weighted by molar-refractivity contribution is 0.0951. The maximum absolute atomic E-state index is 13.3. The minimum atomic E-state index is -0.371. The van der Waals surface area contributed by atoms with E-state index in [1.54, 1.807) is 18.3 Å². The number of hydrogen-bond acceptors (Lipinski definition) is 2. The van der Waals surface area contributed by atoms with Gasteiger partial charge in [-0.2, -0.15) is 5.10 Å². The van der Waals surface area contributed by atoms with Gasteiger partial charge in [0.1, 0.15) is 11.5 Å². The highest BCUT2D eigenvalue weighted by Gasteiger charge is 2.18. The second-order valence-electron chi connectivity index (χ2n) is 6.18. The molecule has 1 amide bonds. The Hall–Kier alpha value is -3.25. The first-order valence-corrected chi connectivity index (χ1v) is 9.37. The Morgan fingerprint density at radius 2 is 1.71 bits per heavy atom.